The van der Waals surface area contributed by atoms with E-state index in [2.05, 4.69) is 39.0 Å². The fraction of sp³-hybridized carbons (Fsp3) is 0.400. The number of Topliss-reactive ketones (excluding diaryl/α,β-unsaturated/α-hetero) is 2. The summed E-state index contributed by atoms with van der Waals surface area (Å²) in [7, 11) is 0. The van der Waals surface area contributed by atoms with Crippen LogP contribution in [0.3, 0.4) is 0 Å². The van der Waals surface area contributed by atoms with Crippen molar-refractivity contribution in [2.24, 2.45) is 10.8 Å². The highest BCUT2D eigenvalue weighted by Crippen LogP contribution is 2.40. The second kappa shape index (κ2) is 15.9. The van der Waals surface area contributed by atoms with Gasteiger partial charge in [-0.25, -0.2) is 0 Å². The Hall–Kier alpha value is -3.60. The van der Waals surface area contributed by atoms with Crippen molar-refractivity contribution in [1.82, 2.24) is 0 Å². The Labute approximate surface area is 265 Å². The summed E-state index contributed by atoms with van der Waals surface area (Å²) in [4.78, 5) is 24.4. The van der Waals surface area contributed by atoms with Gasteiger partial charge in [-0.3, -0.25) is 9.59 Å². The van der Waals surface area contributed by atoms with Crippen molar-refractivity contribution in [3.05, 3.63) is 130 Å². The average molecular weight is 597 g/mol. The smallest absolute Gasteiger partial charge is 0.187 e. The summed E-state index contributed by atoms with van der Waals surface area (Å²) in [6.07, 6.45) is 27.4. The van der Waals surface area contributed by atoms with Gasteiger partial charge < -0.3 is 10.2 Å². The van der Waals surface area contributed by atoms with Crippen LogP contribution in [0.15, 0.2) is 130 Å². The van der Waals surface area contributed by atoms with Crippen LogP contribution >= 0.6 is 0 Å². The van der Waals surface area contributed by atoms with Gasteiger partial charge in [0.05, 0.1) is 6.10 Å². The summed E-state index contributed by atoms with van der Waals surface area (Å²) in [6, 6.07) is 0. The minimum Gasteiger partial charge on any atom is -0.392 e. The standard InChI is InChI=1S/C40H52O4/c1-27(17-13-19-29(3)21-23-33-32(6)38(44)36(42)26-39(33,7)8)15-11-12-16-28(2)18-14-20-30(4)22-24-34-31(5)35(41)25-37(43)40(34,9)10/h11-24,36-37,42-43H,25-26H2,1-10H3/b12-11+,17-13+,18-14+,23-21+,24-22+,27-15+,28-16+,29-19+,30-20+/t36-,37?/m1/s1. The quantitative estimate of drug-likeness (QED) is 0.247. The van der Waals surface area contributed by atoms with Gasteiger partial charge in [-0.1, -0.05) is 135 Å². The maximum Gasteiger partial charge on any atom is 0.187 e. The number of carbonyl (C=O) groups excluding carboxylic acids is 2. The second-order valence-corrected chi connectivity index (χ2v) is 13.3. The highest BCUT2D eigenvalue weighted by atomic mass is 16.3. The summed E-state index contributed by atoms with van der Waals surface area (Å²) in [5.74, 6) is -0.163. The van der Waals surface area contributed by atoms with E-state index in [4.69, 9.17) is 0 Å². The van der Waals surface area contributed by atoms with Gasteiger partial charge in [0.25, 0.3) is 0 Å². The van der Waals surface area contributed by atoms with Gasteiger partial charge in [-0.05, 0) is 75.7 Å². The number of ketones is 2. The van der Waals surface area contributed by atoms with Gasteiger partial charge in [0, 0.05) is 11.8 Å². The zero-order chi connectivity index (χ0) is 33.2. The van der Waals surface area contributed by atoms with E-state index in [0.29, 0.717) is 12.0 Å². The molecule has 0 fully saturated rings. The Bertz CT molecular complexity index is 1450. The molecule has 0 spiro atoms. The van der Waals surface area contributed by atoms with Crippen molar-refractivity contribution in [1.29, 1.82) is 0 Å². The molecule has 2 aliphatic carbocycles. The molecule has 0 amide bonds. The molecule has 236 valence electrons. The maximum atomic E-state index is 12.2. The Morgan fingerprint density at radius 1 is 0.659 bits per heavy atom. The molecule has 0 saturated heterocycles. The monoisotopic (exact) mass is 596 g/mol. The number of carbonyl (C=O) groups is 2. The molecule has 44 heavy (non-hydrogen) atoms. The average Bonchev–Trinajstić information content (AvgIpc) is 2.92. The molecule has 2 aliphatic rings. The van der Waals surface area contributed by atoms with E-state index in [1.165, 1.54) is 0 Å². The van der Waals surface area contributed by atoms with Crippen LogP contribution in [-0.2, 0) is 9.59 Å². The molecule has 0 radical (unpaired) electrons. The highest BCUT2D eigenvalue weighted by molar-refractivity contribution is 6.00. The van der Waals surface area contributed by atoms with Crippen molar-refractivity contribution in [2.75, 3.05) is 0 Å². The first kappa shape index (κ1) is 36.6. The van der Waals surface area contributed by atoms with E-state index in [1.54, 1.807) is 6.92 Å². The van der Waals surface area contributed by atoms with Crippen molar-refractivity contribution in [2.45, 2.75) is 94.3 Å². The van der Waals surface area contributed by atoms with E-state index in [9.17, 15) is 19.8 Å². The lowest BCUT2D eigenvalue weighted by Crippen LogP contribution is -2.38. The normalized spacial score (nSPS) is 24.5. The molecule has 0 aromatic heterocycles. The SMILES string of the molecule is CC1=C(/C=C/C(C)=C/C=C/C(C)=C/C=C/C=C(C)/C=C/C=C(C)/C=C/C2=C(C)C(=O)CC(O)C2(C)C)C(C)(C)C[C@@H](O)C1=O. The van der Waals surface area contributed by atoms with Crippen LogP contribution in [0.2, 0.25) is 0 Å². The molecule has 0 saturated carbocycles. The number of allylic oxidation sites excluding steroid dienone is 20. The molecule has 4 nitrogen and oxygen atoms in total. The van der Waals surface area contributed by atoms with Gasteiger partial charge in [-0.15, -0.1) is 0 Å². The summed E-state index contributed by atoms with van der Waals surface area (Å²) < 4.78 is 0. The van der Waals surface area contributed by atoms with Crippen LogP contribution in [0.4, 0.5) is 0 Å². The molecular weight excluding hydrogens is 544 g/mol. The zero-order valence-electron chi connectivity index (χ0n) is 28.4. The summed E-state index contributed by atoms with van der Waals surface area (Å²) in [5.41, 5.74) is 6.92. The van der Waals surface area contributed by atoms with Crippen molar-refractivity contribution in [3.8, 4) is 0 Å². The first-order chi connectivity index (χ1) is 20.5. The predicted molar refractivity (Wildman–Crippen MR) is 185 cm³/mol. The van der Waals surface area contributed by atoms with Crippen LogP contribution in [0.25, 0.3) is 0 Å². The third kappa shape index (κ3) is 10.2. The number of aliphatic hydroxyl groups excluding tert-OH is 2. The molecular formula is C40H52O4. The van der Waals surface area contributed by atoms with E-state index in [1.807, 2.05) is 108 Å². The van der Waals surface area contributed by atoms with E-state index in [0.717, 1.165) is 39.0 Å². The molecule has 0 aromatic rings. The Kier molecular flexibility index (Phi) is 13.2. The highest BCUT2D eigenvalue weighted by Gasteiger charge is 2.39. The third-order valence-electron chi connectivity index (χ3n) is 8.53. The molecule has 0 aliphatic heterocycles. The summed E-state index contributed by atoms with van der Waals surface area (Å²) >= 11 is 0. The Balaban J connectivity index is 1.95. The Morgan fingerprint density at radius 3 is 1.59 bits per heavy atom. The first-order valence-electron chi connectivity index (χ1n) is 15.4. The van der Waals surface area contributed by atoms with Gasteiger partial charge in [0.1, 0.15) is 6.10 Å². The predicted octanol–water partition coefficient (Wildman–Crippen LogP) is 8.91. The summed E-state index contributed by atoms with van der Waals surface area (Å²) in [5, 5.41) is 20.4. The van der Waals surface area contributed by atoms with Gasteiger partial charge >= 0.3 is 0 Å². The minimum atomic E-state index is -0.907. The summed E-state index contributed by atoms with van der Waals surface area (Å²) in [6.45, 7) is 19.9. The third-order valence-corrected chi connectivity index (χ3v) is 8.53. The number of hydrogen-bond donors (Lipinski definition) is 2. The van der Waals surface area contributed by atoms with Crippen molar-refractivity contribution >= 4 is 11.6 Å². The molecule has 1 unspecified atom stereocenters. The maximum absolute atomic E-state index is 12.2. The van der Waals surface area contributed by atoms with Crippen molar-refractivity contribution < 1.29 is 19.8 Å². The van der Waals surface area contributed by atoms with Gasteiger partial charge in [0.2, 0.25) is 0 Å². The number of hydrogen-bond acceptors (Lipinski definition) is 4. The van der Waals surface area contributed by atoms with Gasteiger partial charge in [0.15, 0.2) is 11.6 Å². The zero-order valence-corrected chi connectivity index (χ0v) is 28.4. The largest absolute Gasteiger partial charge is 0.392 e. The molecule has 2 atom stereocenters. The molecule has 0 heterocycles. The van der Waals surface area contributed by atoms with E-state index >= 15 is 0 Å². The number of aliphatic hydroxyl groups is 2. The van der Waals surface area contributed by atoms with E-state index < -0.39 is 17.6 Å². The molecule has 0 aromatic carbocycles. The lowest BCUT2D eigenvalue weighted by atomic mass is 9.70. The van der Waals surface area contributed by atoms with Crippen LogP contribution in [0.5, 0.6) is 0 Å². The van der Waals surface area contributed by atoms with Crippen LogP contribution in [0.1, 0.15) is 82.1 Å². The van der Waals surface area contributed by atoms with E-state index in [-0.39, 0.29) is 23.4 Å². The Morgan fingerprint density at radius 2 is 1.09 bits per heavy atom. The fourth-order valence-corrected chi connectivity index (χ4v) is 5.43. The minimum absolute atomic E-state index is 0.0127. The lowest BCUT2D eigenvalue weighted by molar-refractivity contribution is -0.125. The van der Waals surface area contributed by atoms with Crippen LogP contribution in [0, 0.1) is 10.8 Å². The molecule has 0 bridgehead atoms. The molecule has 4 heteroatoms. The topological polar surface area (TPSA) is 74.6 Å². The van der Waals surface area contributed by atoms with Crippen LogP contribution in [-0.4, -0.2) is 34.0 Å². The van der Waals surface area contributed by atoms with Crippen molar-refractivity contribution in [3.63, 3.8) is 0 Å². The van der Waals surface area contributed by atoms with Crippen LogP contribution < -0.4 is 0 Å². The molecule has 2 N–H and O–H groups in total. The van der Waals surface area contributed by atoms with Gasteiger partial charge in [-0.2, -0.15) is 0 Å². The second-order valence-electron chi connectivity index (χ2n) is 13.3. The first-order valence-corrected chi connectivity index (χ1v) is 15.4. The fourth-order valence-electron chi connectivity index (χ4n) is 5.43. The lowest BCUT2D eigenvalue weighted by Gasteiger charge is -2.36. The number of rotatable bonds is 10. The molecule has 2 rings (SSSR count).